The normalized spacial score (nSPS) is 22.1. The maximum absolute atomic E-state index is 10.4. The van der Waals surface area contributed by atoms with Crippen LogP contribution in [0.2, 0.25) is 0 Å². The van der Waals surface area contributed by atoms with E-state index in [-0.39, 0.29) is 12.5 Å². The largest absolute Gasteiger partial charge is 0.481 e. The molecule has 0 saturated carbocycles. The second-order valence-corrected chi connectivity index (χ2v) is 3.92. The van der Waals surface area contributed by atoms with Crippen molar-refractivity contribution in [3.63, 3.8) is 0 Å². The van der Waals surface area contributed by atoms with Crippen molar-refractivity contribution in [1.82, 2.24) is 15.3 Å². The van der Waals surface area contributed by atoms with Crippen LogP contribution in [0.4, 0.5) is 0 Å². The van der Waals surface area contributed by atoms with Gasteiger partial charge in [-0.25, -0.2) is 5.01 Å². The number of hydrazine groups is 1. The molecule has 5 heteroatoms. The number of piperazine rings is 1. The number of nitrogens with zero attached hydrogens (tertiary/aromatic N) is 2. The predicted octanol–water partition coefficient (Wildman–Crippen LogP) is -0.398. The van der Waals surface area contributed by atoms with Gasteiger partial charge in [0.25, 0.3) is 0 Å². The van der Waals surface area contributed by atoms with Gasteiger partial charge in [0.05, 0.1) is 6.42 Å². The molecule has 0 bridgehead atoms. The molecule has 0 aromatic rings. The molecule has 1 atom stereocenters. The van der Waals surface area contributed by atoms with E-state index >= 15 is 0 Å². The topological polar surface area (TPSA) is 55.8 Å². The zero-order chi connectivity index (χ0) is 10.6. The Morgan fingerprint density at radius 1 is 1.43 bits per heavy atom. The number of nitrogens with one attached hydrogen (secondary N) is 1. The van der Waals surface area contributed by atoms with Crippen LogP contribution in [-0.2, 0) is 4.79 Å². The molecule has 0 spiro atoms. The molecule has 0 radical (unpaired) electrons. The molecule has 1 heterocycles. The lowest BCUT2D eigenvalue weighted by Gasteiger charge is -2.34. The van der Waals surface area contributed by atoms with Crippen LogP contribution >= 0.6 is 0 Å². The third-order valence-electron chi connectivity index (χ3n) is 2.39. The summed E-state index contributed by atoms with van der Waals surface area (Å²) in [7, 11) is 2.10. The Labute approximate surface area is 84.6 Å². The number of likely N-dealkylation sites (N-methyl/N-ethyl adjacent to an activating group) is 1. The van der Waals surface area contributed by atoms with Crippen molar-refractivity contribution >= 4 is 5.97 Å². The Hall–Kier alpha value is -0.650. The van der Waals surface area contributed by atoms with Gasteiger partial charge in [0.2, 0.25) is 0 Å². The molecule has 14 heavy (non-hydrogen) atoms. The van der Waals surface area contributed by atoms with Crippen LogP contribution in [0.3, 0.4) is 0 Å². The van der Waals surface area contributed by atoms with Crippen LogP contribution in [0.1, 0.15) is 13.3 Å². The van der Waals surface area contributed by atoms with Gasteiger partial charge >= 0.3 is 5.97 Å². The Balaban J connectivity index is 2.20. The summed E-state index contributed by atoms with van der Waals surface area (Å²) >= 11 is 0. The molecule has 1 aliphatic heterocycles. The van der Waals surface area contributed by atoms with E-state index in [9.17, 15) is 4.79 Å². The highest BCUT2D eigenvalue weighted by molar-refractivity contribution is 5.67. The highest BCUT2D eigenvalue weighted by Gasteiger charge is 2.16. The first-order valence-electron chi connectivity index (χ1n) is 4.99. The first-order chi connectivity index (χ1) is 6.58. The van der Waals surface area contributed by atoms with Crippen molar-refractivity contribution in [2.24, 2.45) is 0 Å². The van der Waals surface area contributed by atoms with E-state index in [1.807, 2.05) is 6.92 Å². The first-order valence-corrected chi connectivity index (χ1v) is 4.99. The average molecular weight is 201 g/mol. The van der Waals surface area contributed by atoms with Gasteiger partial charge in [-0.15, -0.1) is 0 Å². The zero-order valence-corrected chi connectivity index (χ0v) is 8.86. The number of carboxylic acid groups (broad SMARTS) is 1. The van der Waals surface area contributed by atoms with Gasteiger partial charge in [-0.1, -0.05) is 0 Å². The van der Waals surface area contributed by atoms with E-state index in [1.165, 1.54) is 0 Å². The van der Waals surface area contributed by atoms with Crippen LogP contribution in [0.5, 0.6) is 0 Å². The summed E-state index contributed by atoms with van der Waals surface area (Å²) < 4.78 is 0. The van der Waals surface area contributed by atoms with Crippen molar-refractivity contribution in [2.45, 2.75) is 19.4 Å². The summed E-state index contributed by atoms with van der Waals surface area (Å²) in [6.07, 6.45) is 0.173. The molecule has 82 valence electrons. The van der Waals surface area contributed by atoms with E-state index in [2.05, 4.69) is 22.4 Å². The zero-order valence-electron chi connectivity index (χ0n) is 8.86. The third kappa shape index (κ3) is 4.04. The fourth-order valence-electron chi connectivity index (χ4n) is 1.55. The molecular formula is C9H19N3O2. The lowest BCUT2D eigenvalue weighted by Crippen LogP contribution is -2.53. The molecule has 0 aliphatic carbocycles. The molecule has 1 rings (SSSR count). The number of hydrogen-bond donors (Lipinski definition) is 2. The van der Waals surface area contributed by atoms with Crippen molar-refractivity contribution < 1.29 is 9.90 Å². The van der Waals surface area contributed by atoms with Crippen molar-refractivity contribution in [3.8, 4) is 0 Å². The summed E-state index contributed by atoms with van der Waals surface area (Å²) in [4.78, 5) is 12.7. The van der Waals surface area contributed by atoms with E-state index < -0.39 is 5.97 Å². The monoisotopic (exact) mass is 201 g/mol. The standard InChI is InChI=1S/C9H19N3O2/c1-8(7-9(13)14)10-12-5-3-11(2)4-6-12/h8,10H,3-7H2,1-2H3,(H,13,14). The first kappa shape index (κ1) is 11.4. The molecule has 1 aliphatic rings. The maximum Gasteiger partial charge on any atom is 0.304 e. The molecule has 1 unspecified atom stereocenters. The van der Waals surface area contributed by atoms with Crippen LogP contribution in [-0.4, -0.2) is 60.3 Å². The smallest absolute Gasteiger partial charge is 0.304 e. The summed E-state index contributed by atoms with van der Waals surface area (Å²) in [6, 6.07) is 0.0101. The lowest BCUT2D eigenvalue weighted by molar-refractivity contribution is -0.137. The minimum absolute atomic E-state index is 0.0101. The minimum Gasteiger partial charge on any atom is -0.481 e. The lowest BCUT2D eigenvalue weighted by atomic mass is 10.2. The SMILES string of the molecule is CC(CC(=O)O)NN1CCN(C)CC1. The van der Waals surface area contributed by atoms with Gasteiger partial charge < -0.3 is 10.0 Å². The number of rotatable bonds is 4. The minimum atomic E-state index is -0.751. The molecule has 1 saturated heterocycles. The molecular weight excluding hydrogens is 182 g/mol. The van der Waals surface area contributed by atoms with Crippen LogP contribution in [0, 0.1) is 0 Å². The second-order valence-electron chi connectivity index (χ2n) is 3.92. The van der Waals surface area contributed by atoms with Gasteiger partial charge in [0.1, 0.15) is 0 Å². The molecule has 5 nitrogen and oxygen atoms in total. The fraction of sp³-hybridized carbons (Fsp3) is 0.889. The van der Waals surface area contributed by atoms with E-state index in [0.717, 1.165) is 26.2 Å². The quantitative estimate of drug-likeness (QED) is 0.648. The molecule has 1 fully saturated rings. The van der Waals surface area contributed by atoms with Gasteiger partial charge in [0, 0.05) is 32.2 Å². The number of carboxylic acids is 1. The Morgan fingerprint density at radius 2 is 2.00 bits per heavy atom. The van der Waals surface area contributed by atoms with Crippen molar-refractivity contribution in [2.75, 3.05) is 33.2 Å². The molecule has 0 aromatic heterocycles. The Morgan fingerprint density at radius 3 is 2.50 bits per heavy atom. The van der Waals surface area contributed by atoms with E-state index in [4.69, 9.17) is 5.11 Å². The van der Waals surface area contributed by atoms with Gasteiger partial charge in [-0.05, 0) is 14.0 Å². The molecule has 0 amide bonds. The van der Waals surface area contributed by atoms with Crippen molar-refractivity contribution in [3.05, 3.63) is 0 Å². The van der Waals surface area contributed by atoms with Crippen LogP contribution in [0.25, 0.3) is 0 Å². The second kappa shape index (κ2) is 5.29. The summed E-state index contributed by atoms with van der Waals surface area (Å²) in [5, 5.41) is 10.7. The highest BCUT2D eigenvalue weighted by Crippen LogP contribution is 1.98. The van der Waals surface area contributed by atoms with E-state index in [1.54, 1.807) is 0 Å². The maximum atomic E-state index is 10.4. The predicted molar refractivity (Wildman–Crippen MR) is 53.9 cm³/mol. The number of aliphatic carboxylic acids is 1. The fourth-order valence-corrected chi connectivity index (χ4v) is 1.55. The summed E-state index contributed by atoms with van der Waals surface area (Å²) in [5.74, 6) is -0.751. The summed E-state index contributed by atoms with van der Waals surface area (Å²) in [5.41, 5.74) is 3.20. The number of carbonyl (C=O) groups is 1. The third-order valence-corrected chi connectivity index (χ3v) is 2.39. The van der Waals surface area contributed by atoms with Gasteiger partial charge in [0.15, 0.2) is 0 Å². The number of hydrogen-bond acceptors (Lipinski definition) is 4. The Kier molecular flexibility index (Phi) is 4.31. The summed E-state index contributed by atoms with van der Waals surface area (Å²) in [6.45, 7) is 5.88. The van der Waals surface area contributed by atoms with Crippen LogP contribution < -0.4 is 5.43 Å². The molecule has 0 aromatic carbocycles. The highest BCUT2D eigenvalue weighted by atomic mass is 16.4. The van der Waals surface area contributed by atoms with Gasteiger partial charge in [-0.3, -0.25) is 10.2 Å². The molecule has 2 N–H and O–H groups in total. The van der Waals surface area contributed by atoms with Crippen molar-refractivity contribution in [1.29, 1.82) is 0 Å². The van der Waals surface area contributed by atoms with Gasteiger partial charge in [-0.2, -0.15) is 0 Å². The Bertz CT molecular complexity index is 190. The van der Waals surface area contributed by atoms with E-state index in [0.29, 0.717) is 0 Å². The van der Waals surface area contributed by atoms with Crippen LogP contribution in [0.15, 0.2) is 0 Å². The average Bonchev–Trinajstić information content (AvgIpc) is 2.07.